The molecule has 0 bridgehead atoms. The average Bonchev–Trinajstić information content (AvgIpc) is 2.50. The molecule has 0 amide bonds. The molecule has 0 spiro atoms. The second-order valence-corrected chi connectivity index (χ2v) is 3.55. The molecule has 0 unspecified atom stereocenters. The van der Waals surface area contributed by atoms with Crippen molar-refractivity contribution in [3.63, 3.8) is 0 Å². The molecule has 2 N–H and O–H groups in total. The third-order valence-corrected chi connectivity index (χ3v) is 2.54. The summed E-state index contributed by atoms with van der Waals surface area (Å²) < 4.78 is 18.4. The molecule has 0 aromatic rings. The van der Waals surface area contributed by atoms with Crippen LogP contribution in [-0.4, -0.2) is 24.8 Å². The van der Waals surface area contributed by atoms with Crippen LogP contribution < -0.4 is 5.73 Å². The van der Waals surface area contributed by atoms with E-state index in [1.165, 1.54) is 0 Å². The van der Waals surface area contributed by atoms with Crippen LogP contribution in [0.3, 0.4) is 0 Å². The molecule has 1 fully saturated rings. The fourth-order valence-electron chi connectivity index (χ4n) is 1.73. The molecule has 4 heteroatoms. The minimum Gasteiger partial charge on any atom is -0.466 e. The Hall–Kier alpha value is -0.640. The maximum absolute atomic E-state index is 13.6. The molecular formula is C9H16FNO2. The van der Waals surface area contributed by atoms with Crippen molar-refractivity contribution in [3.8, 4) is 0 Å². The van der Waals surface area contributed by atoms with E-state index in [4.69, 9.17) is 10.5 Å². The number of nitrogens with two attached hydrogens (primary N) is 1. The summed E-state index contributed by atoms with van der Waals surface area (Å²) in [6.07, 6.45) is 1.17. The lowest BCUT2D eigenvalue weighted by molar-refractivity contribution is -0.148. The van der Waals surface area contributed by atoms with E-state index in [0.717, 1.165) is 0 Å². The first kappa shape index (κ1) is 10.4. The summed E-state index contributed by atoms with van der Waals surface area (Å²) in [5.41, 5.74) is 3.94. The topological polar surface area (TPSA) is 52.3 Å². The summed E-state index contributed by atoms with van der Waals surface area (Å²) in [5.74, 6) is -0.566. The van der Waals surface area contributed by atoms with E-state index in [0.29, 0.717) is 19.4 Å². The number of esters is 1. The number of rotatable bonds is 3. The molecule has 3 nitrogen and oxygen atoms in total. The molecule has 0 radical (unpaired) electrons. The largest absolute Gasteiger partial charge is 0.466 e. The molecule has 0 saturated heterocycles. The van der Waals surface area contributed by atoms with E-state index in [2.05, 4.69) is 0 Å². The van der Waals surface area contributed by atoms with Crippen LogP contribution in [0, 0.1) is 5.92 Å². The summed E-state index contributed by atoms with van der Waals surface area (Å²) in [5, 5.41) is 0. The van der Waals surface area contributed by atoms with Crippen LogP contribution in [0.25, 0.3) is 0 Å². The van der Waals surface area contributed by atoms with Crippen LogP contribution in [0.5, 0.6) is 0 Å². The Morgan fingerprint density at radius 1 is 1.77 bits per heavy atom. The van der Waals surface area contributed by atoms with Crippen LogP contribution in [0.1, 0.15) is 26.2 Å². The van der Waals surface area contributed by atoms with Gasteiger partial charge in [0.1, 0.15) is 5.67 Å². The maximum Gasteiger partial charge on any atom is 0.309 e. The highest BCUT2D eigenvalue weighted by molar-refractivity contribution is 5.73. The highest BCUT2D eigenvalue weighted by Crippen LogP contribution is 2.37. The van der Waals surface area contributed by atoms with Gasteiger partial charge in [-0.1, -0.05) is 0 Å². The molecule has 13 heavy (non-hydrogen) atoms. The SMILES string of the molecule is CCOC(=O)[C@@H]1CC[C@](F)(CN)C1. The smallest absolute Gasteiger partial charge is 0.309 e. The van der Waals surface area contributed by atoms with Gasteiger partial charge >= 0.3 is 5.97 Å². The predicted molar refractivity (Wildman–Crippen MR) is 46.9 cm³/mol. The molecule has 1 aliphatic rings. The number of hydrogen-bond donors (Lipinski definition) is 1. The summed E-state index contributed by atoms with van der Waals surface area (Å²) in [6.45, 7) is 2.11. The molecular weight excluding hydrogens is 173 g/mol. The van der Waals surface area contributed by atoms with E-state index in [1.807, 2.05) is 0 Å². The molecule has 1 saturated carbocycles. The van der Waals surface area contributed by atoms with Crippen molar-refractivity contribution in [2.75, 3.05) is 13.2 Å². The van der Waals surface area contributed by atoms with E-state index in [-0.39, 0.29) is 24.9 Å². The highest BCUT2D eigenvalue weighted by atomic mass is 19.1. The van der Waals surface area contributed by atoms with E-state index >= 15 is 0 Å². The van der Waals surface area contributed by atoms with Gasteiger partial charge in [0.2, 0.25) is 0 Å². The predicted octanol–water partition coefficient (Wildman–Crippen LogP) is 1.02. The number of alkyl halides is 1. The summed E-state index contributed by atoms with van der Waals surface area (Å²) in [6, 6.07) is 0. The minimum atomic E-state index is -1.34. The van der Waals surface area contributed by atoms with Gasteiger partial charge in [0.05, 0.1) is 12.5 Å². The highest BCUT2D eigenvalue weighted by Gasteiger charge is 2.41. The zero-order valence-electron chi connectivity index (χ0n) is 7.88. The Labute approximate surface area is 77.4 Å². The average molecular weight is 189 g/mol. The number of hydrogen-bond acceptors (Lipinski definition) is 3. The molecule has 76 valence electrons. The van der Waals surface area contributed by atoms with E-state index in [1.54, 1.807) is 6.92 Å². The monoisotopic (exact) mass is 189 g/mol. The van der Waals surface area contributed by atoms with Crippen molar-refractivity contribution in [2.24, 2.45) is 11.7 Å². The van der Waals surface area contributed by atoms with Gasteiger partial charge in [-0.3, -0.25) is 4.79 Å². The molecule has 0 aromatic carbocycles. The van der Waals surface area contributed by atoms with Crippen molar-refractivity contribution < 1.29 is 13.9 Å². The third kappa shape index (κ3) is 2.40. The fourth-order valence-corrected chi connectivity index (χ4v) is 1.73. The van der Waals surface area contributed by atoms with Gasteiger partial charge in [-0.15, -0.1) is 0 Å². The van der Waals surface area contributed by atoms with Gasteiger partial charge in [0.15, 0.2) is 0 Å². The third-order valence-electron chi connectivity index (χ3n) is 2.54. The van der Waals surface area contributed by atoms with Crippen molar-refractivity contribution >= 4 is 5.97 Å². The van der Waals surface area contributed by atoms with Crippen molar-refractivity contribution in [1.29, 1.82) is 0 Å². The minimum absolute atomic E-state index is 0.00288. The molecule has 0 aromatic heterocycles. The summed E-state index contributed by atoms with van der Waals surface area (Å²) in [4.78, 5) is 11.2. The first-order valence-corrected chi connectivity index (χ1v) is 4.67. The number of halogens is 1. The molecule has 0 aliphatic heterocycles. The van der Waals surface area contributed by atoms with E-state index in [9.17, 15) is 9.18 Å². The standard InChI is InChI=1S/C9H16FNO2/c1-2-13-8(12)7-3-4-9(10,5-7)6-11/h7H,2-6,11H2,1H3/t7-,9-/m1/s1. The molecule has 1 aliphatic carbocycles. The summed E-state index contributed by atoms with van der Waals surface area (Å²) >= 11 is 0. The lowest BCUT2D eigenvalue weighted by atomic mass is 10.0. The quantitative estimate of drug-likeness (QED) is 0.674. The summed E-state index contributed by atoms with van der Waals surface area (Å²) in [7, 11) is 0. The van der Waals surface area contributed by atoms with Crippen molar-refractivity contribution in [2.45, 2.75) is 31.9 Å². The second-order valence-electron chi connectivity index (χ2n) is 3.55. The Morgan fingerprint density at radius 3 is 2.92 bits per heavy atom. The number of carbonyl (C=O) groups is 1. The number of ether oxygens (including phenoxy) is 1. The Morgan fingerprint density at radius 2 is 2.46 bits per heavy atom. The van der Waals surface area contributed by atoms with Gasteiger partial charge in [-0.25, -0.2) is 4.39 Å². The Bertz CT molecular complexity index is 198. The van der Waals surface area contributed by atoms with Crippen LogP contribution >= 0.6 is 0 Å². The lowest BCUT2D eigenvalue weighted by Gasteiger charge is -2.16. The van der Waals surface area contributed by atoms with Crippen LogP contribution in [-0.2, 0) is 9.53 Å². The Kier molecular flexibility index (Phi) is 3.25. The fraction of sp³-hybridized carbons (Fsp3) is 0.889. The van der Waals surface area contributed by atoms with Gasteiger partial charge in [-0.2, -0.15) is 0 Å². The van der Waals surface area contributed by atoms with Gasteiger partial charge < -0.3 is 10.5 Å². The first-order chi connectivity index (χ1) is 6.11. The second kappa shape index (κ2) is 4.05. The number of carbonyl (C=O) groups excluding carboxylic acids is 1. The van der Waals surface area contributed by atoms with Crippen LogP contribution in [0.15, 0.2) is 0 Å². The molecule has 1 rings (SSSR count). The van der Waals surface area contributed by atoms with Gasteiger partial charge in [-0.05, 0) is 26.2 Å². The molecule has 2 atom stereocenters. The van der Waals surface area contributed by atoms with Crippen molar-refractivity contribution in [1.82, 2.24) is 0 Å². The Balaban J connectivity index is 2.45. The lowest BCUT2D eigenvalue weighted by Crippen LogP contribution is -2.30. The maximum atomic E-state index is 13.6. The van der Waals surface area contributed by atoms with Gasteiger partial charge in [0, 0.05) is 6.54 Å². The zero-order chi connectivity index (χ0) is 9.90. The normalized spacial score (nSPS) is 33.3. The molecule has 0 heterocycles. The first-order valence-electron chi connectivity index (χ1n) is 4.67. The van der Waals surface area contributed by atoms with Gasteiger partial charge in [0.25, 0.3) is 0 Å². The van der Waals surface area contributed by atoms with Crippen LogP contribution in [0.4, 0.5) is 4.39 Å². The van der Waals surface area contributed by atoms with Crippen LogP contribution in [0.2, 0.25) is 0 Å². The van der Waals surface area contributed by atoms with Crippen molar-refractivity contribution in [3.05, 3.63) is 0 Å². The zero-order valence-corrected chi connectivity index (χ0v) is 7.88. The van der Waals surface area contributed by atoms with E-state index < -0.39 is 5.67 Å².